The summed E-state index contributed by atoms with van der Waals surface area (Å²) in [7, 11) is -2.30. The molecule has 2 aromatic carbocycles. The summed E-state index contributed by atoms with van der Waals surface area (Å²) in [6.07, 6.45) is 2.69. The van der Waals surface area contributed by atoms with Crippen LogP contribution in [0.4, 0.5) is 5.69 Å². The summed E-state index contributed by atoms with van der Waals surface area (Å²) >= 11 is 0. The van der Waals surface area contributed by atoms with Crippen LogP contribution in [0.3, 0.4) is 0 Å². The normalized spacial score (nSPS) is 19.1. The molecule has 6 nitrogen and oxygen atoms in total. The molecule has 1 aliphatic rings. The number of carbonyl (C=O) groups excluding carboxylic acids is 1. The van der Waals surface area contributed by atoms with E-state index in [1.807, 2.05) is 26.8 Å². The third kappa shape index (κ3) is 5.28. The number of carbonyl (C=O) groups is 1. The van der Waals surface area contributed by atoms with E-state index in [1.165, 1.54) is 9.21 Å². The van der Waals surface area contributed by atoms with Crippen LogP contribution in [0.25, 0.3) is 0 Å². The van der Waals surface area contributed by atoms with Crippen LogP contribution < -0.4 is 4.31 Å². The zero-order valence-corrected chi connectivity index (χ0v) is 19.5. The predicted molar refractivity (Wildman–Crippen MR) is 123 cm³/mol. The first-order valence-corrected chi connectivity index (χ1v) is 12.1. The molecule has 7 heteroatoms. The van der Waals surface area contributed by atoms with E-state index in [0.717, 1.165) is 36.0 Å². The first-order chi connectivity index (χ1) is 14.6. The number of aryl methyl sites for hydroxylation is 3. The number of benzene rings is 2. The van der Waals surface area contributed by atoms with Gasteiger partial charge in [-0.1, -0.05) is 36.6 Å². The molecular formula is C24H32N2O4S. The molecule has 1 aliphatic carbocycles. The number of nitrogens with zero attached hydrogens (tertiary/aromatic N) is 2. The summed E-state index contributed by atoms with van der Waals surface area (Å²) in [5.41, 5.74) is 3.26. The molecule has 0 spiro atoms. The summed E-state index contributed by atoms with van der Waals surface area (Å²) in [5, 5.41) is 10.4. The molecule has 2 aromatic rings. The Morgan fingerprint density at radius 1 is 0.968 bits per heavy atom. The number of amides is 1. The SMILES string of the molecule is Cc1ccc(S(=O)(=O)N(CC(=O)N(C)C2CCCCC2O)c2cc(C)cc(C)c2)cc1. The largest absolute Gasteiger partial charge is 0.391 e. The Morgan fingerprint density at radius 3 is 2.13 bits per heavy atom. The molecule has 2 unspecified atom stereocenters. The van der Waals surface area contributed by atoms with Crippen molar-refractivity contribution in [3.8, 4) is 0 Å². The van der Waals surface area contributed by atoms with Crippen molar-refractivity contribution < 1.29 is 18.3 Å². The summed E-state index contributed by atoms with van der Waals surface area (Å²) in [4.78, 5) is 14.8. The smallest absolute Gasteiger partial charge is 0.264 e. The number of aliphatic hydroxyl groups is 1. The van der Waals surface area contributed by atoms with Gasteiger partial charge in [-0.2, -0.15) is 0 Å². The summed E-state index contributed by atoms with van der Waals surface area (Å²) in [6.45, 7) is 5.38. The van der Waals surface area contributed by atoms with E-state index in [2.05, 4.69) is 0 Å². The van der Waals surface area contributed by atoms with E-state index in [4.69, 9.17) is 0 Å². The second-order valence-corrected chi connectivity index (χ2v) is 10.5. The number of rotatable bonds is 6. The van der Waals surface area contributed by atoms with Gasteiger partial charge in [-0.3, -0.25) is 9.10 Å². The molecule has 1 fully saturated rings. The highest BCUT2D eigenvalue weighted by Gasteiger charge is 2.33. The van der Waals surface area contributed by atoms with Gasteiger partial charge >= 0.3 is 0 Å². The lowest BCUT2D eigenvalue weighted by atomic mass is 9.91. The molecule has 0 aromatic heterocycles. The lowest BCUT2D eigenvalue weighted by Gasteiger charge is -2.36. The monoisotopic (exact) mass is 444 g/mol. The van der Waals surface area contributed by atoms with Gasteiger partial charge in [0.05, 0.1) is 22.7 Å². The first-order valence-electron chi connectivity index (χ1n) is 10.7. The first kappa shape index (κ1) is 23.3. The van der Waals surface area contributed by atoms with Gasteiger partial charge in [-0.15, -0.1) is 0 Å². The number of aliphatic hydroxyl groups excluding tert-OH is 1. The second-order valence-electron chi connectivity index (χ2n) is 8.59. The van der Waals surface area contributed by atoms with Gasteiger partial charge in [-0.05, 0) is 69.0 Å². The molecule has 168 valence electrons. The maximum atomic E-state index is 13.6. The molecule has 0 aliphatic heterocycles. The molecule has 31 heavy (non-hydrogen) atoms. The average Bonchev–Trinajstić information content (AvgIpc) is 2.71. The second kappa shape index (κ2) is 9.40. The lowest BCUT2D eigenvalue weighted by molar-refractivity contribution is -0.133. The van der Waals surface area contributed by atoms with Gasteiger partial charge in [0.15, 0.2) is 0 Å². The molecule has 0 saturated heterocycles. The van der Waals surface area contributed by atoms with Gasteiger partial charge in [-0.25, -0.2) is 8.42 Å². The number of anilines is 1. The van der Waals surface area contributed by atoms with Crippen LogP contribution in [0.5, 0.6) is 0 Å². The van der Waals surface area contributed by atoms with Crippen molar-refractivity contribution in [2.75, 3.05) is 17.9 Å². The summed E-state index contributed by atoms with van der Waals surface area (Å²) in [5.74, 6) is -0.333. The summed E-state index contributed by atoms with van der Waals surface area (Å²) in [6, 6.07) is 11.9. The Bertz CT molecular complexity index is 1010. The van der Waals surface area contributed by atoms with Crippen LogP contribution in [0.15, 0.2) is 47.4 Å². The van der Waals surface area contributed by atoms with Crippen molar-refractivity contribution in [1.29, 1.82) is 0 Å². The van der Waals surface area contributed by atoms with Crippen molar-refractivity contribution in [2.24, 2.45) is 0 Å². The van der Waals surface area contributed by atoms with E-state index in [-0.39, 0.29) is 23.4 Å². The summed E-state index contributed by atoms with van der Waals surface area (Å²) < 4.78 is 28.3. The number of sulfonamides is 1. The van der Waals surface area contributed by atoms with E-state index in [1.54, 1.807) is 43.4 Å². The highest BCUT2D eigenvalue weighted by molar-refractivity contribution is 7.92. The minimum absolute atomic E-state index is 0.144. The Labute approximate surface area is 185 Å². The Morgan fingerprint density at radius 2 is 1.55 bits per heavy atom. The molecule has 1 N–H and O–H groups in total. The van der Waals surface area contributed by atoms with Crippen LogP contribution in [-0.4, -0.2) is 50.1 Å². The van der Waals surface area contributed by atoms with Gasteiger partial charge in [0.2, 0.25) is 5.91 Å². The molecule has 3 rings (SSSR count). The topological polar surface area (TPSA) is 77.9 Å². The average molecular weight is 445 g/mol. The maximum Gasteiger partial charge on any atom is 0.264 e. The van der Waals surface area contributed by atoms with Crippen molar-refractivity contribution >= 4 is 21.6 Å². The molecule has 1 amide bonds. The molecule has 0 heterocycles. The van der Waals surface area contributed by atoms with Gasteiger partial charge < -0.3 is 10.0 Å². The molecule has 2 atom stereocenters. The van der Waals surface area contributed by atoms with Gasteiger partial charge in [0.1, 0.15) is 6.54 Å². The molecular weight excluding hydrogens is 412 g/mol. The van der Waals surface area contributed by atoms with Gasteiger partial charge in [0.25, 0.3) is 10.0 Å². The van der Waals surface area contributed by atoms with Crippen LogP contribution in [0.1, 0.15) is 42.4 Å². The van der Waals surface area contributed by atoms with E-state index in [0.29, 0.717) is 12.1 Å². The third-order valence-corrected chi connectivity index (χ3v) is 7.76. The van der Waals surface area contributed by atoms with E-state index < -0.39 is 16.1 Å². The molecule has 1 saturated carbocycles. The van der Waals surface area contributed by atoms with E-state index in [9.17, 15) is 18.3 Å². The van der Waals surface area contributed by atoms with Crippen molar-refractivity contribution in [2.45, 2.75) is 63.5 Å². The Hall–Kier alpha value is -2.38. The quantitative estimate of drug-likeness (QED) is 0.739. The van der Waals surface area contributed by atoms with Crippen LogP contribution in [0, 0.1) is 20.8 Å². The number of hydrogen-bond donors (Lipinski definition) is 1. The fourth-order valence-corrected chi connectivity index (χ4v) is 5.61. The van der Waals surface area contributed by atoms with Crippen LogP contribution in [0.2, 0.25) is 0 Å². The minimum atomic E-state index is -3.95. The highest BCUT2D eigenvalue weighted by Crippen LogP contribution is 2.27. The van der Waals surface area contributed by atoms with E-state index >= 15 is 0 Å². The van der Waals surface area contributed by atoms with Crippen molar-refractivity contribution in [1.82, 2.24) is 4.90 Å². The number of hydrogen-bond acceptors (Lipinski definition) is 4. The fraction of sp³-hybridized carbons (Fsp3) is 0.458. The maximum absolute atomic E-state index is 13.6. The lowest BCUT2D eigenvalue weighted by Crippen LogP contribution is -2.50. The molecule has 0 radical (unpaired) electrons. The fourth-order valence-electron chi connectivity index (χ4n) is 4.21. The van der Waals surface area contributed by atoms with Crippen LogP contribution in [-0.2, 0) is 14.8 Å². The van der Waals surface area contributed by atoms with Crippen molar-refractivity contribution in [3.05, 3.63) is 59.2 Å². The van der Waals surface area contributed by atoms with Gasteiger partial charge in [0, 0.05) is 7.05 Å². The predicted octanol–water partition coefficient (Wildman–Crippen LogP) is 3.57. The third-order valence-electron chi connectivity index (χ3n) is 5.97. The Balaban J connectivity index is 1.97. The molecule has 0 bridgehead atoms. The Kier molecular flexibility index (Phi) is 7.06. The zero-order valence-electron chi connectivity index (χ0n) is 18.7. The van der Waals surface area contributed by atoms with Crippen molar-refractivity contribution in [3.63, 3.8) is 0 Å². The standard InChI is InChI=1S/C24H32N2O4S/c1-17-9-11-21(12-10-17)31(29,30)26(20-14-18(2)13-19(3)15-20)16-24(28)25(4)22-7-5-6-8-23(22)27/h9-15,22-23,27H,5-8,16H2,1-4H3. The van der Waals surface area contributed by atoms with Crippen LogP contribution >= 0.6 is 0 Å². The highest BCUT2D eigenvalue weighted by atomic mass is 32.2. The minimum Gasteiger partial charge on any atom is -0.391 e. The number of likely N-dealkylation sites (N-methyl/N-ethyl adjacent to an activating group) is 1. The zero-order chi connectivity index (χ0) is 22.8.